The SMILES string of the molecule is Cc1c(C)c2c(c(C)c1O)CC[C@@](C)(CCC[C@H](C)CCC[C@H](C)CCCC(C)C)O2.O=[PH+]O. The Labute approximate surface area is 211 Å². The first-order valence-electron chi connectivity index (χ1n) is 13.5. The van der Waals surface area contributed by atoms with Gasteiger partial charge in [0.15, 0.2) is 0 Å². The summed E-state index contributed by atoms with van der Waals surface area (Å²) < 4.78 is 15.1. The third-order valence-electron chi connectivity index (χ3n) is 7.87. The molecule has 0 amide bonds. The molecule has 0 aliphatic carbocycles. The minimum absolute atomic E-state index is 0.0712. The van der Waals surface area contributed by atoms with Crippen molar-refractivity contribution in [3.8, 4) is 11.5 Å². The summed E-state index contributed by atoms with van der Waals surface area (Å²) in [6, 6.07) is 0. The Morgan fingerprint density at radius 1 is 0.882 bits per heavy atom. The number of phenols is 1. The molecule has 0 saturated heterocycles. The van der Waals surface area contributed by atoms with Gasteiger partial charge in [0.25, 0.3) is 0 Å². The first-order valence-corrected chi connectivity index (χ1v) is 14.3. The van der Waals surface area contributed by atoms with Crippen LogP contribution >= 0.6 is 8.69 Å². The van der Waals surface area contributed by atoms with E-state index in [2.05, 4.69) is 41.5 Å². The first-order chi connectivity index (χ1) is 16.0. The standard InChI is InChI=1S/C29H50O2.HO2P/c1-20(2)12-9-13-21(3)14-10-15-22(4)16-11-18-29(8)19-17-26-25(7)27(30)23(5)24(6)28(26)31-29;1-3-2/h20-22,30H,9-19H2,1-8H3;3H/p+1/t21-,22-,29-;/m1./s1. The van der Waals surface area contributed by atoms with Gasteiger partial charge in [0, 0.05) is 5.56 Å². The van der Waals surface area contributed by atoms with Crippen molar-refractivity contribution in [2.75, 3.05) is 0 Å². The summed E-state index contributed by atoms with van der Waals surface area (Å²) in [7, 11) is -1.17. The van der Waals surface area contributed by atoms with Crippen LogP contribution in [0.1, 0.15) is 121 Å². The molecule has 0 aromatic heterocycles. The Morgan fingerprint density at radius 3 is 1.91 bits per heavy atom. The normalized spacial score (nSPS) is 19.2. The van der Waals surface area contributed by atoms with E-state index < -0.39 is 8.69 Å². The molecule has 5 heteroatoms. The number of benzene rings is 1. The largest absolute Gasteiger partial charge is 0.507 e. The number of rotatable bonds is 12. The molecular weight excluding hydrogens is 443 g/mol. The van der Waals surface area contributed by atoms with Crippen LogP contribution in [0.15, 0.2) is 0 Å². The lowest BCUT2D eigenvalue weighted by molar-refractivity contribution is 0.0512. The van der Waals surface area contributed by atoms with E-state index >= 15 is 0 Å². The molecule has 1 heterocycles. The average molecular weight is 496 g/mol. The first kappa shape index (κ1) is 30.9. The molecule has 196 valence electrons. The van der Waals surface area contributed by atoms with Crippen molar-refractivity contribution >= 4 is 8.69 Å². The van der Waals surface area contributed by atoms with Crippen LogP contribution in [0.25, 0.3) is 0 Å². The van der Waals surface area contributed by atoms with Crippen molar-refractivity contribution in [1.29, 1.82) is 0 Å². The van der Waals surface area contributed by atoms with Gasteiger partial charge in [0.05, 0.1) is 0 Å². The highest BCUT2D eigenvalue weighted by Crippen LogP contribution is 2.44. The quantitative estimate of drug-likeness (QED) is 0.284. The lowest BCUT2D eigenvalue weighted by Gasteiger charge is -2.38. The maximum absolute atomic E-state index is 10.4. The summed E-state index contributed by atoms with van der Waals surface area (Å²) >= 11 is 0. The minimum Gasteiger partial charge on any atom is -0.507 e. The highest BCUT2D eigenvalue weighted by atomic mass is 31.1. The predicted molar refractivity (Wildman–Crippen MR) is 146 cm³/mol. The zero-order chi connectivity index (χ0) is 25.9. The fraction of sp³-hybridized carbons (Fsp3) is 0.793. The number of fused-ring (bicyclic) bond motifs is 1. The van der Waals surface area contributed by atoms with Crippen LogP contribution in [0, 0.1) is 38.5 Å². The van der Waals surface area contributed by atoms with Crippen LogP contribution in [0.5, 0.6) is 11.5 Å². The predicted octanol–water partition coefficient (Wildman–Crippen LogP) is 8.76. The monoisotopic (exact) mass is 495 g/mol. The second kappa shape index (κ2) is 15.1. The number of phenolic OH excluding ortho intramolecular Hbond substituents is 1. The van der Waals surface area contributed by atoms with Crippen LogP contribution in [-0.4, -0.2) is 15.6 Å². The fourth-order valence-electron chi connectivity index (χ4n) is 5.27. The van der Waals surface area contributed by atoms with Gasteiger partial charge in [-0.25, -0.2) is 0 Å². The molecule has 0 radical (unpaired) electrons. The van der Waals surface area contributed by atoms with E-state index in [1.807, 2.05) is 13.8 Å². The zero-order valence-electron chi connectivity index (χ0n) is 23.2. The Bertz CT molecular complexity index is 761. The number of hydrogen-bond donors (Lipinski definition) is 2. The van der Waals surface area contributed by atoms with Gasteiger partial charge >= 0.3 is 8.69 Å². The summed E-state index contributed by atoms with van der Waals surface area (Å²) in [4.78, 5) is 7.04. The van der Waals surface area contributed by atoms with Crippen LogP contribution < -0.4 is 4.74 Å². The van der Waals surface area contributed by atoms with Crippen LogP contribution in [0.4, 0.5) is 0 Å². The van der Waals surface area contributed by atoms with E-state index in [0.29, 0.717) is 5.75 Å². The molecule has 0 bridgehead atoms. The van der Waals surface area contributed by atoms with E-state index in [1.165, 1.54) is 56.9 Å². The van der Waals surface area contributed by atoms with Gasteiger partial charge in [-0.05, 0) is 92.4 Å². The van der Waals surface area contributed by atoms with Gasteiger partial charge in [-0.1, -0.05) is 72.6 Å². The zero-order valence-corrected chi connectivity index (χ0v) is 24.2. The Kier molecular flexibility index (Phi) is 13.7. The molecular formula is C29H52O4P+. The summed E-state index contributed by atoms with van der Waals surface area (Å²) in [6.07, 6.45) is 14.1. The Balaban J connectivity index is 0.00000182. The molecule has 1 aromatic carbocycles. The van der Waals surface area contributed by atoms with Crippen molar-refractivity contribution < 1.29 is 19.3 Å². The second-order valence-corrected chi connectivity index (χ2v) is 11.7. The molecule has 1 aliphatic rings. The second-order valence-electron chi connectivity index (χ2n) is 11.5. The van der Waals surface area contributed by atoms with Crippen LogP contribution in [-0.2, 0) is 11.0 Å². The van der Waals surface area contributed by atoms with Gasteiger partial charge < -0.3 is 9.84 Å². The maximum Gasteiger partial charge on any atom is 0.491 e. The van der Waals surface area contributed by atoms with Gasteiger partial charge in [0.2, 0.25) is 0 Å². The van der Waals surface area contributed by atoms with Gasteiger partial charge in [-0.3, -0.25) is 0 Å². The summed E-state index contributed by atoms with van der Waals surface area (Å²) in [5.74, 6) is 4.04. The molecule has 4 atom stereocenters. The Morgan fingerprint density at radius 2 is 1.38 bits per heavy atom. The van der Waals surface area contributed by atoms with Crippen LogP contribution in [0.3, 0.4) is 0 Å². The topological polar surface area (TPSA) is 66.8 Å². The van der Waals surface area contributed by atoms with Gasteiger partial charge in [-0.15, -0.1) is 0 Å². The molecule has 2 N–H and O–H groups in total. The molecule has 1 unspecified atom stereocenters. The van der Waals surface area contributed by atoms with Gasteiger partial charge in [0.1, 0.15) is 17.1 Å². The third kappa shape index (κ3) is 9.86. The van der Waals surface area contributed by atoms with Gasteiger partial charge in [-0.2, -0.15) is 4.89 Å². The van der Waals surface area contributed by atoms with E-state index in [-0.39, 0.29) is 5.60 Å². The third-order valence-corrected chi connectivity index (χ3v) is 7.87. The van der Waals surface area contributed by atoms with Crippen molar-refractivity contribution in [2.45, 2.75) is 132 Å². The van der Waals surface area contributed by atoms with E-state index in [0.717, 1.165) is 59.5 Å². The molecule has 2 rings (SSSR count). The molecule has 1 aromatic rings. The summed E-state index contributed by atoms with van der Waals surface area (Å²) in [6.45, 7) is 17.9. The lowest BCUT2D eigenvalue weighted by Crippen LogP contribution is -2.37. The van der Waals surface area contributed by atoms with Crippen LogP contribution in [0.2, 0.25) is 0 Å². The number of ether oxygens (including phenoxy) is 1. The minimum atomic E-state index is -1.17. The van der Waals surface area contributed by atoms with Crippen molar-refractivity contribution in [3.63, 3.8) is 0 Å². The van der Waals surface area contributed by atoms with Crippen molar-refractivity contribution in [1.82, 2.24) is 0 Å². The number of aromatic hydroxyl groups is 1. The highest BCUT2D eigenvalue weighted by Gasteiger charge is 2.34. The fourth-order valence-corrected chi connectivity index (χ4v) is 5.27. The maximum atomic E-state index is 10.4. The van der Waals surface area contributed by atoms with Crippen molar-refractivity contribution in [3.05, 3.63) is 22.3 Å². The van der Waals surface area contributed by atoms with E-state index in [4.69, 9.17) is 14.2 Å². The molecule has 0 spiro atoms. The average Bonchev–Trinajstić information content (AvgIpc) is 2.76. The molecule has 4 nitrogen and oxygen atoms in total. The molecule has 0 saturated carbocycles. The lowest BCUT2D eigenvalue weighted by atomic mass is 9.84. The van der Waals surface area contributed by atoms with Crippen molar-refractivity contribution in [2.24, 2.45) is 17.8 Å². The number of hydrogen-bond acceptors (Lipinski definition) is 3. The smallest absolute Gasteiger partial charge is 0.491 e. The Hall–Kier alpha value is -1.12. The highest BCUT2D eigenvalue weighted by molar-refractivity contribution is 7.16. The van der Waals surface area contributed by atoms with E-state index in [9.17, 15) is 5.11 Å². The van der Waals surface area contributed by atoms with E-state index in [1.54, 1.807) is 0 Å². The summed E-state index contributed by atoms with van der Waals surface area (Å²) in [5.41, 5.74) is 4.23. The molecule has 1 aliphatic heterocycles. The molecule has 34 heavy (non-hydrogen) atoms. The molecule has 0 fully saturated rings. The summed E-state index contributed by atoms with van der Waals surface area (Å²) in [5, 5.41) is 10.4.